The van der Waals surface area contributed by atoms with Crippen LogP contribution in [0.4, 0.5) is 4.79 Å². The molecule has 2 N–H and O–H groups in total. The number of carbonyl (C=O) groups excluding carboxylic acids is 1. The number of aliphatic hydroxyl groups is 1. The summed E-state index contributed by atoms with van der Waals surface area (Å²) in [4.78, 5) is 14.3. The molecule has 0 saturated heterocycles. The van der Waals surface area contributed by atoms with E-state index in [1.54, 1.807) is 11.1 Å². The van der Waals surface area contributed by atoms with E-state index < -0.39 is 0 Å². The van der Waals surface area contributed by atoms with Gasteiger partial charge < -0.3 is 15.3 Å². The van der Waals surface area contributed by atoms with Gasteiger partial charge in [-0.25, -0.2) is 4.79 Å². The Labute approximate surface area is 142 Å². The van der Waals surface area contributed by atoms with Gasteiger partial charge in [0, 0.05) is 32.0 Å². The maximum absolute atomic E-state index is 12.6. The van der Waals surface area contributed by atoms with Gasteiger partial charge in [0.05, 0.1) is 12.6 Å². The Bertz CT molecular complexity index is 671. The van der Waals surface area contributed by atoms with Gasteiger partial charge in [0.15, 0.2) is 0 Å². The standard InChI is InChI=1S/C18H24N4O2/c1-14(12-21-9-4-8-20-21)11-19-18(24)22-10-7-15-5-2-3-6-16(15)17(22)13-23/h2-6,8-9,14,17,23H,7,10-13H2,1H3,(H,19,24)/t14-,17+/m0/s1. The molecule has 6 nitrogen and oxygen atoms in total. The second-order valence-electron chi connectivity index (χ2n) is 6.36. The van der Waals surface area contributed by atoms with Crippen LogP contribution in [0.5, 0.6) is 0 Å². The quantitative estimate of drug-likeness (QED) is 0.879. The zero-order chi connectivity index (χ0) is 16.9. The van der Waals surface area contributed by atoms with Crippen LogP contribution < -0.4 is 5.32 Å². The van der Waals surface area contributed by atoms with Crippen molar-refractivity contribution in [3.05, 3.63) is 53.9 Å². The lowest BCUT2D eigenvalue weighted by Gasteiger charge is -2.36. The van der Waals surface area contributed by atoms with Crippen LogP contribution in [0.25, 0.3) is 0 Å². The van der Waals surface area contributed by atoms with E-state index in [0.717, 1.165) is 18.5 Å². The molecule has 0 spiro atoms. The van der Waals surface area contributed by atoms with Crippen LogP contribution in [0.1, 0.15) is 24.1 Å². The Morgan fingerprint density at radius 1 is 1.42 bits per heavy atom. The fourth-order valence-electron chi connectivity index (χ4n) is 3.25. The molecule has 2 amide bonds. The van der Waals surface area contributed by atoms with Gasteiger partial charge in [-0.15, -0.1) is 0 Å². The minimum atomic E-state index is -0.267. The summed E-state index contributed by atoms with van der Waals surface area (Å²) < 4.78 is 1.87. The number of aromatic nitrogens is 2. The summed E-state index contributed by atoms with van der Waals surface area (Å²) in [7, 11) is 0. The Balaban J connectivity index is 1.58. The molecule has 0 fully saturated rings. The van der Waals surface area contributed by atoms with E-state index in [1.165, 1.54) is 5.56 Å². The minimum Gasteiger partial charge on any atom is -0.394 e. The summed E-state index contributed by atoms with van der Waals surface area (Å²) in [6.07, 6.45) is 4.49. The third-order valence-electron chi connectivity index (χ3n) is 4.51. The maximum Gasteiger partial charge on any atom is 0.318 e. The lowest BCUT2D eigenvalue weighted by Crippen LogP contribution is -2.47. The molecule has 0 aliphatic carbocycles. The summed E-state index contributed by atoms with van der Waals surface area (Å²) in [5, 5.41) is 17.0. The Kier molecular flexibility index (Phi) is 5.15. The highest BCUT2D eigenvalue weighted by Gasteiger charge is 2.30. The third kappa shape index (κ3) is 3.59. The molecule has 1 aromatic carbocycles. The van der Waals surface area contributed by atoms with Crippen LogP contribution in [0, 0.1) is 5.92 Å². The number of benzene rings is 1. The Hall–Kier alpha value is -2.34. The fraction of sp³-hybridized carbons (Fsp3) is 0.444. The topological polar surface area (TPSA) is 70.4 Å². The van der Waals surface area contributed by atoms with Crippen molar-refractivity contribution >= 4 is 6.03 Å². The molecule has 0 radical (unpaired) electrons. The number of nitrogens with zero attached hydrogens (tertiary/aromatic N) is 3. The van der Waals surface area contributed by atoms with Crippen molar-refractivity contribution in [2.24, 2.45) is 5.92 Å². The van der Waals surface area contributed by atoms with E-state index in [4.69, 9.17) is 0 Å². The third-order valence-corrected chi connectivity index (χ3v) is 4.51. The molecule has 128 valence electrons. The average molecular weight is 328 g/mol. The van der Waals surface area contributed by atoms with Crippen molar-refractivity contribution in [3.8, 4) is 0 Å². The van der Waals surface area contributed by atoms with Crippen molar-refractivity contribution < 1.29 is 9.90 Å². The summed E-state index contributed by atoms with van der Waals surface area (Å²) in [6.45, 7) is 3.99. The number of urea groups is 1. The summed E-state index contributed by atoms with van der Waals surface area (Å²) in [5.41, 5.74) is 2.26. The number of nitrogens with one attached hydrogen (secondary N) is 1. The SMILES string of the molecule is C[C@@H](CNC(=O)N1CCc2ccccc2[C@H]1CO)Cn1cccn1. The Morgan fingerprint density at radius 2 is 2.25 bits per heavy atom. The van der Waals surface area contributed by atoms with E-state index in [0.29, 0.717) is 13.1 Å². The molecule has 24 heavy (non-hydrogen) atoms. The Morgan fingerprint density at radius 3 is 3.00 bits per heavy atom. The smallest absolute Gasteiger partial charge is 0.318 e. The van der Waals surface area contributed by atoms with Gasteiger partial charge >= 0.3 is 6.03 Å². The number of aliphatic hydroxyl groups excluding tert-OH is 1. The van der Waals surface area contributed by atoms with E-state index in [2.05, 4.69) is 23.4 Å². The van der Waals surface area contributed by atoms with Crippen LogP contribution in [0.15, 0.2) is 42.7 Å². The van der Waals surface area contributed by atoms with Gasteiger partial charge in [-0.3, -0.25) is 4.68 Å². The number of fused-ring (bicyclic) bond motifs is 1. The lowest BCUT2D eigenvalue weighted by atomic mass is 9.93. The molecule has 2 atom stereocenters. The highest BCUT2D eigenvalue weighted by atomic mass is 16.3. The largest absolute Gasteiger partial charge is 0.394 e. The normalized spacial score (nSPS) is 18.1. The average Bonchev–Trinajstić information content (AvgIpc) is 3.11. The van der Waals surface area contributed by atoms with Crippen LogP contribution >= 0.6 is 0 Å². The second kappa shape index (κ2) is 7.49. The van der Waals surface area contributed by atoms with Crippen LogP contribution in [0.2, 0.25) is 0 Å². The first-order valence-electron chi connectivity index (χ1n) is 8.39. The molecule has 2 aromatic rings. The highest BCUT2D eigenvalue weighted by molar-refractivity contribution is 5.75. The van der Waals surface area contributed by atoms with Crippen LogP contribution in [0.3, 0.4) is 0 Å². The van der Waals surface area contributed by atoms with Gasteiger partial charge in [0.1, 0.15) is 0 Å². The summed E-state index contributed by atoms with van der Waals surface area (Å²) in [6, 6.07) is 9.53. The lowest BCUT2D eigenvalue weighted by molar-refractivity contribution is 0.126. The zero-order valence-corrected chi connectivity index (χ0v) is 13.9. The van der Waals surface area contributed by atoms with Crippen LogP contribution in [-0.4, -0.2) is 45.5 Å². The predicted octanol–water partition coefficient (Wildman–Crippen LogP) is 1.82. The monoisotopic (exact) mass is 328 g/mol. The van der Waals surface area contributed by atoms with Gasteiger partial charge in [0.2, 0.25) is 0 Å². The molecule has 0 bridgehead atoms. The van der Waals surface area contributed by atoms with Crippen molar-refractivity contribution in [2.45, 2.75) is 25.9 Å². The molecule has 2 heterocycles. The number of hydrogen-bond donors (Lipinski definition) is 2. The predicted molar refractivity (Wildman–Crippen MR) is 91.5 cm³/mol. The molecule has 0 saturated carbocycles. The van der Waals surface area contributed by atoms with Crippen molar-refractivity contribution in [2.75, 3.05) is 19.7 Å². The molecule has 1 aliphatic rings. The molecule has 6 heteroatoms. The van der Waals surface area contributed by atoms with Gasteiger partial charge in [-0.05, 0) is 29.5 Å². The highest BCUT2D eigenvalue weighted by Crippen LogP contribution is 2.29. The number of rotatable bonds is 5. The molecular weight excluding hydrogens is 304 g/mol. The minimum absolute atomic E-state index is 0.0622. The van der Waals surface area contributed by atoms with Crippen molar-refractivity contribution in [1.82, 2.24) is 20.0 Å². The van der Waals surface area contributed by atoms with Crippen molar-refractivity contribution in [3.63, 3.8) is 0 Å². The fourth-order valence-corrected chi connectivity index (χ4v) is 3.25. The molecule has 1 aromatic heterocycles. The molecular formula is C18H24N4O2. The first-order valence-corrected chi connectivity index (χ1v) is 8.39. The number of carbonyl (C=O) groups is 1. The van der Waals surface area contributed by atoms with Crippen LogP contribution in [-0.2, 0) is 13.0 Å². The van der Waals surface area contributed by atoms with Gasteiger partial charge in [0.25, 0.3) is 0 Å². The van der Waals surface area contributed by atoms with E-state index >= 15 is 0 Å². The van der Waals surface area contributed by atoms with E-state index in [1.807, 2.05) is 35.1 Å². The van der Waals surface area contributed by atoms with Gasteiger partial charge in [-0.1, -0.05) is 31.2 Å². The molecule has 0 unspecified atom stereocenters. The van der Waals surface area contributed by atoms with E-state index in [9.17, 15) is 9.90 Å². The maximum atomic E-state index is 12.6. The number of hydrogen-bond acceptors (Lipinski definition) is 3. The zero-order valence-electron chi connectivity index (χ0n) is 13.9. The molecule has 1 aliphatic heterocycles. The summed E-state index contributed by atoms with van der Waals surface area (Å²) in [5.74, 6) is 0.276. The number of amides is 2. The first kappa shape index (κ1) is 16.5. The summed E-state index contributed by atoms with van der Waals surface area (Å²) >= 11 is 0. The first-order chi connectivity index (χ1) is 11.7. The second-order valence-corrected chi connectivity index (χ2v) is 6.36. The molecule has 3 rings (SSSR count). The van der Waals surface area contributed by atoms with Crippen molar-refractivity contribution in [1.29, 1.82) is 0 Å². The van der Waals surface area contributed by atoms with E-state index in [-0.39, 0.29) is 24.6 Å². The van der Waals surface area contributed by atoms with Gasteiger partial charge in [-0.2, -0.15) is 5.10 Å².